The van der Waals surface area contributed by atoms with E-state index in [2.05, 4.69) is 9.97 Å². The van der Waals surface area contributed by atoms with E-state index < -0.39 is 0 Å². The third-order valence-corrected chi connectivity index (χ3v) is 2.24. The molecule has 1 atom stereocenters. The van der Waals surface area contributed by atoms with Crippen LogP contribution in [0.15, 0.2) is 12.3 Å². The fraction of sp³-hybridized carbons (Fsp3) is 0.600. The maximum atomic E-state index is 5.47. The second-order valence-electron chi connectivity index (χ2n) is 3.52. The zero-order valence-corrected chi connectivity index (χ0v) is 8.27. The largest absolute Gasteiger partial charge is 0.463 e. The van der Waals surface area contributed by atoms with Gasteiger partial charge in [-0.1, -0.05) is 0 Å². The molecule has 2 rings (SSSR count). The molecule has 1 fully saturated rings. The number of aromatic nitrogens is 2. The van der Waals surface area contributed by atoms with Crippen LogP contribution in [0.25, 0.3) is 0 Å². The Hall–Kier alpha value is -1.16. The van der Waals surface area contributed by atoms with Crippen LogP contribution < -0.4 is 4.74 Å². The first kappa shape index (κ1) is 9.40. The molecule has 0 aromatic carbocycles. The summed E-state index contributed by atoms with van der Waals surface area (Å²) in [6.07, 6.45) is 2.79. The van der Waals surface area contributed by atoms with Gasteiger partial charge in [-0.25, -0.2) is 9.97 Å². The van der Waals surface area contributed by atoms with Gasteiger partial charge in [0.2, 0.25) is 0 Å². The molecule has 1 unspecified atom stereocenters. The molecule has 1 aromatic heterocycles. The summed E-state index contributed by atoms with van der Waals surface area (Å²) in [5.74, 6) is 0.499. The van der Waals surface area contributed by atoms with Gasteiger partial charge in [0.1, 0.15) is 0 Å². The molecule has 4 heteroatoms. The van der Waals surface area contributed by atoms with Crippen LogP contribution >= 0.6 is 0 Å². The predicted octanol–water partition coefficient (Wildman–Crippen LogP) is 1.20. The van der Waals surface area contributed by atoms with Gasteiger partial charge >= 0.3 is 6.01 Å². The first-order valence-electron chi connectivity index (χ1n) is 4.85. The Labute approximate surface area is 83.3 Å². The van der Waals surface area contributed by atoms with Crippen LogP contribution in [0.3, 0.4) is 0 Å². The summed E-state index contributed by atoms with van der Waals surface area (Å²) in [5.41, 5.74) is 0.928. The first-order valence-corrected chi connectivity index (χ1v) is 4.85. The van der Waals surface area contributed by atoms with E-state index in [0.717, 1.165) is 25.3 Å². The van der Waals surface area contributed by atoms with Gasteiger partial charge in [-0.15, -0.1) is 0 Å². The van der Waals surface area contributed by atoms with E-state index in [0.29, 0.717) is 18.5 Å². The molecule has 0 radical (unpaired) electrons. The molecular formula is C10H14N2O2. The van der Waals surface area contributed by atoms with E-state index in [9.17, 15) is 0 Å². The van der Waals surface area contributed by atoms with Gasteiger partial charge in [-0.2, -0.15) is 0 Å². The number of nitrogens with zero attached hydrogens (tertiary/aromatic N) is 2. The molecule has 76 valence electrons. The van der Waals surface area contributed by atoms with Gasteiger partial charge in [-0.05, 0) is 19.4 Å². The molecule has 14 heavy (non-hydrogen) atoms. The Morgan fingerprint density at radius 2 is 2.57 bits per heavy atom. The topological polar surface area (TPSA) is 44.2 Å². The predicted molar refractivity (Wildman–Crippen MR) is 51.2 cm³/mol. The molecule has 0 amide bonds. The van der Waals surface area contributed by atoms with Crippen molar-refractivity contribution in [2.75, 3.05) is 19.8 Å². The lowest BCUT2D eigenvalue weighted by Crippen LogP contribution is -2.13. The summed E-state index contributed by atoms with van der Waals surface area (Å²) in [6.45, 7) is 4.23. The van der Waals surface area contributed by atoms with E-state index in [1.807, 2.05) is 13.0 Å². The lowest BCUT2D eigenvalue weighted by Gasteiger charge is -2.08. The van der Waals surface area contributed by atoms with Crippen molar-refractivity contribution in [2.45, 2.75) is 13.3 Å². The molecule has 1 aliphatic heterocycles. The standard InChI is InChI=1S/C10H14N2O2/c1-8-2-4-11-10(12-8)14-7-9-3-5-13-6-9/h2,4,9H,3,5-7H2,1H3. The van der Waals surface area contributed by atoms with Crippen molar-refractivity contribution in [3.63, 3.8) is 0 Å². The minimum Gasteiger partial charge on any atom is -0.463 e. The van der Waals surface area contributed by atoms with Gasteiger partial charge in [0.25, 0.3) is 0 Å². The molecule has 0 N–H and O–H groups in total. The minimum absolute atomic E-state index is 0.469. The Morgan fingerprint density at radius 1 is 1.64 bits per heavy atom. The normalized spacial score (nSPS) is 21.1. The van der Waals surface area contributed by atoms with Gasteiger partial charge < -0.3 is 9.47 Å². The molecule has 1 aromatic rings. The minimum atomic E-state index is 0.469. The van der Waals surface area contributed by atoms with E-state index in [1.165, 1.54) is 0 Å². The van der Waals surface area contributed by atoms with Crippen molar-refractivity contribution < 1.29 is 9.47 Å². The van der Waals surface area contributed by atoms with Crippen molar-refractivity contribution in [1.82, 2.24) is 9.97 Å². The highest BCUT2D eigenvalue weighted by molar-refractivity contribution is 5.02. The average molecular weight is 194 g/mol. The van der Waals surface area contributed by atoms with Crippen molar-refractivity contribution >= 4 is 0 Å². The third-order valence-electron chi connectivity index (χ3n) is 2.24. The lowest BCUT2D eigenvalue weighted by molar-refractivity contribution is 0.163. The lowest BCUT2D eigenvalue weighted by atomic mass is 10.1. The number of aryl methyl sites for hydroxylation is 1. The van der Waals surface area contributed by atoms with Crippen molar-refractivity contribution in [3.05, 3.63) is 18.0 Å². The van der Waals surface area contributed by atoms with Crippen LogP contribution in [0.1, 0.15) is 12.1 Å². The van der Waals surface area contributed by atoms with Crippen LogP contribution in [0.5, 0.6) is 6.01 Å². The molecule has 2 heterocycles. The zero-order chi connectivity index (χ0) is 9.80. The molecular weight excluding hydrogens is 180 g/mol. The number of ether oxygens (including phenoxy) is 2. The second-order valence-corrected chi connectivity index (χ2v) is 3.52. The van der Waals surface area contributed by atoms with E-state index in [-0.39, 0.29) is 0 Å². The monoisotopic (exact) mass is 194 g/mol. The molecule has 4 nitrogen and oxygen atoms in total. The Kier molecular flexibility index (Phi) is 2.93. The van der Waals surface area contributed by atoms with Gasteiger partial charge in [0.05, 0.1) is 13.2 Å². The maximum absolute atomic E-state index is 5.47. The number of hydrogen-bond donors (Lipinski definition) is 0. The van der Waals surface area contributed by atoms with Crippen LogP contribution in [0, 0.1) is 12.8 Å². The van der Waals surface area contributed by atoms with Gasteiger partial charge in [0, 0.05) is 24.4 Å². The number of hydrogen-bond acceptors (Lipinski definition) is 4. The summed E-state index contributed by atoms with van der Waals surface area (Å²) in [5, 5.41) is 0. The van der Waals surface area contributed by atoms with E-state index in [1.54, 1.807) is 6.20 Å². The molecule has 1 saturated heterocycles. The summed E-state index contributed by atoms with van der Waals surface area (Å²) in [6, 6.07) is 2.32. The molecule has 1 aliphatic rings. The molecule has 0 bridgehead atoms. The van der Waals surface area contributed by atoms with Crippen LogP contribution in [-0.2, 0) is 4.74 Å². The summed E-state index contributed by atoms with van der Waals surface area (Å²) < 4.78 is 10.7. The highest BCUT2D eigenvalue weighted by Gasteiger charge is 2.16. The fourth-order valence-corrected chi connectivity index (χ4v) is 1.40. The Balaban J connectivity index is 1.85. The molecule has 0 aliphatic carbocycles. The van der Waals surface area contributed by atoms with Crippen LogP contribution in [0.4, 0.5) is 0 Å². The molecule has 0 spiro atoms. The van der Waals surface area contributed by atoms with E-state index in [4.69, 9.17) is 9.47 Å². The van der Waals surface area contributed by atoms with Crippen molar-refractivity contribution in [2.24, 2.45) is 5.92 Å². The average Bonchev–Trinajstić information content (AvgIpc) is 2.67. The van der Waals surface area contributed by atoms with Gasteiger partial charge in [0.15, 0.2) is 0 Å². The van der Waals surface area contributed by atoms with Gasteiger partial charge in [-0.3, -0.25) is 0 Å². The third kappa shape index (κ3) is 2.42. The Bertz CT molecular complexity index is 298. The van der Waals surface area contributed by atoms with E-state index >= 15 is 0 Å². The van der Waals surface area contributed by atoms with Crippen LogP contribution in [-0.4, -0.2) is 29.8 Å². The zero-order valence-electron chi connectivity index (χ0n) is 8.27. The summed E-state index contributed by atoms with van der Waals surface area (Å²) in [7, 11) is 0. The highest BCUT2D eigenvalue weighted by Crippen LogP contribution is 2.13. The second kappa shape index (κ2) is 4.37. The summed E-state index contributed by atoms with van der Waals surface area (Å²) in [4.78, 5) is 8.19. The maximum Gasteiger partial charge on any atom is 0.316 e. The molecule has 0 saturated carbocycles. The smallest absolute Gasteiger partial charge is 0.316 e. The first-order chi connectivity index (χ1) is 6.84. The summed E-state index contributed by atoms with van der Waals surface area (Å²) >= 11 is 0. The fourth-order valence-electron chi connectivity index (χ4n) is 1.40. The number of rotatable bonds is 3. The highest BCUT2D eigenvalue weighted by atomic mass is 16.5. The van der Waals surface area contributed by atoms with Crippen LogP contribution in [0.2, 0.25) is 0 Å². The van der Waals surface area contributed by atoms with Crippen molar-refractivity contribution in [3.8, 4) is 6.01 Å². The quantitative estimate of drug-likeness (QED) is 0.725. The Morgan fingerprint density at radius 3 is 3.29 bits per heavy atom. The van der Waals surface area contributed by atoms with Crippen molar-refractivity contribution in [1.29, 1.82) is 0 Å². The SMILES string of the molecule is Cc1ccnc(OCC2CCOC2)n1.